The number of carboxylic acids is 1. The molecule has 108 valence electrons. The zero-order chi connectivity index (χ0) is 14.3. The number of para-hydroxylation sites is 1. The molecule has 1 aliphatic carbocycles. The van der Waals surface area contributed by atoms with Gasteiger partial charge in [-0.05, 0) is 30.7 Å². The van der Waals surface area contributed by atoms with Crippen molar-refractivity contribution in [2.24, 2.45) is 11.7 Å². The highest BCUT2D eigenvalue weighted by Gasteiger charge is 2.52. The molecular weight excluding hydrogens is 254 g/mol. The summed E-state index contributed by atoms with van der Waals surface area (Å²) in [6.07, 6.45) is 3.54. The Balaban J connectivity index is 1.85. The van der Waals surface area contributed by atoms with E-state index in [2.05, 4.69) is 13.0 Å². The van der Waals surface area contributed by atoms with E-state index in [1.807, 2.05) is 12.1 Å². The quantitative estimate of drug-likeness (QED) is 0.886. The van der Waals surface area contributed by atoms with Crippen LogP contribution in [-0.2, 0) is 11.2 Å². The molecule has 0 radical (unpaired) electrons. The largest absolute Gasteiger partial charge is 0.481 e. The molecule has 3 atom stereocenters. The molecule has 0 saturated heterocycles. The minimum atomic E-state index is -0.751. The lowest BCUT2D eigenvalue weighted by Crippen LogP contribution is -2.44. The van der Waals surface area contributed by atoms with Gasteiger partial charge in [-0.3, -0.25) is 10.5 Å². The van der Waals surface area contributed by atoms with Gasteiger partial charge in [0.2, 0.25) is 0 Å². The van der Waals surface area contributed by atoms with E-state index in [4.69, 9.17) is 15.6 Å². The van der Waals surface area contributed by atoms with E-state index in [-0.39, 0.29) is 12.3 Å². The van der Waals surface area contributed by atoms with Gasteiger partial charge in [-0.1, -0.05) is 25.1 Å². The molecule has 0 bridgehead atoms. The van der Waals surface area contributed by atoms with Crippen molar-refractivity contribution >= 4 is 5.97 Å². The molecule has 4 nitrogen and oxygen atoms in total. The second-order valence-electron chi connectivity index (χ2n) is 6.13. The number of rotatable bonds is 4. The van der Waals surface area contributed by atoms with Crippen LogP contribution in [0.25, 0.3) is 0 Å². The minimum Gasteiger partial charge on any atom is -0.481 e. The van der Waals surface area contributed by atoms with E-state index in [0.29, 0.717) is 12.3 Å². The Bertz CT molecular complexity index is 543. The number of fused-ring (bicyclic) bond motifs is 3. The van der Waals surface area contributed by atoms with Gasteiger partial charge in [0, 0.05) is 24.3 Å². The lowest BCUT2D eigenvalue weighted by Gasteiger charge is -2.24. The van der Waals surface area contributed by atoms with Gasteiger partial charge in [-0.15, -0.1) is 0 Å². The third-order valence-corrected chi connectivity index (χ3v) is 4.68. The van der Waals surface area contributed by atoms with E-state index in [1.165, 1.54) is 5.56 Å². The fourth-order valence-corrected chi connectivity index (χ4v) is 3.73. The summed E-state index contributed by atoms with van der Waals surface area (Å²) in [5.74, 6) is 0.976. The van der Waals surface area contributed by atoms with Gasteiger partial charge in [0.15, 0.2) is 5.72 Å². The number of hydrogen-bond donors (Lipinski definition) is 2. The van der Waals surface area contributed by atoms with Crippen molar-refractivity contribution in [3.63, 3.8) is 0 Å². The highest BCUT2D eigenvalue weighted by molar-refractivity contribution is 5.66. The lowest BCUT2D eigenvalue weighted by atomic mass is 9.86. The summed E-state index contributed by atoms with van der Waals surface area (Å²) in [6.45, 7) is 2.23. The van der Waals surface area contributed by atoms with E-state index < -0.39 is 11.7 Å². The van der Waals surface area contributed by atoms with Crippen molar-refractivity contribution in [3.05, 3.63) is 29.3 Å². The fourth-order valence-electron chi connectivity index (χ4n) is 3.73. The normalized spacial score (nSPS) is 30.7. The first-order valence-corrected chi connectivity index (χ1v) is 7.33. The second kappa shape index (κ2) is 4.77. The lowest BCUT2D eigenvalue weighted by molar-refractivity contribution is -0.137. The molecule has 0 spiro atoms. The number of nitrogens with two attached hydrogens (primary N) is 1. The Morgan fingerprint density at radius 2 is 2.35 bits per heavy atom. The van der Waals surface area contributed by atoms with E-state index in [1.54, 1.807) is 0 Å². The maximum atomic E-state index is 10.6. The Morgan fingerprint density at radius 1 is 1.55 bits per heavy atom. The molecule has 3 unspecified atom stereocenters. The summed E-state index contributed by atoms with van der Waals surface area (Å²) < 4.78 is 6.11. The van der Waals surface area contributed by atoms with Crippen LogP contribution in [0.2, 0.25) is 0 Å². The topological polar surface area (TPSA) is 72.5 Å². The fraction of sp³-hybridized carbons (Fsp3) is 0.562. The number of carboxylic acid groups (broad SMARTS) is 1. The van der Waals surface area contributed by atoms with Gasteiger partial charge in [-0.2, -0.15) is 0 Å². The van der Waals surface area contributed by atoms with Crippen LogP contribution in [0.5, 0.6) is 5.75 Å². The first-order valence-electron chi connectivity index (χ1n) is 7.33. The molecule has 3 N–H and O–H groups in total. The number of carbonyl (C=O) groups is 1. The molecular formula is C16H21NO3. The molecule has 3 rings (SSSR count). The third kappa shape index (κ3) is 2.08. The highest BCUT2D eigenvalue weighted by atomic mass is 16.5. The summed E-state index contributed by atoms with van der Waals surface area (Å²) in [6, 6.07) is 6.17. The molecule has 1 aromatic carbocycles. The molecule has 1 saturated carbocycles. The molecule has 1 aliphatic heterocycles. The van der Waals surface area contributed by atoms with Gasteiger partial charge < -0.3 is 9.84 Å². The van der Waals surface area contributed by atoms with Crippen LogP contribution in [0.4, 0.5) is 0 Å². The van der Waals surface area contributed by atoms with Gasteiger partial charge in [0.1, 0.15) is 5.75 Å². The Morgan fingerprint density at radius 3 is 3.10 bits per heavy atom. The van der Waals surface area contributed by atoms with Crippen molar-refractivity contribution in [2.45, 2.75) is 50.7 Å². The first-order chi connectivity index (χ1) is 9.51. The van der Waals surface area contributed by atoms with E-state index in [0.717, 1.165) is 30.6 Å². The summed E-state index contributed by atoms with van der Waals surface area (Å²) in [7, 11) is 0. The van der Waals surface area contributed by atoms with Crippen LogP contribution in [-0.4, -0.2) is 16.8 Å². The van der Waals surface area contributed by atoms with Crippen molar-refractivity contribution in [3.8, 4) is 5.75 Å². The van der Waals surface area contributed by atoms with Crippen molar-refractivity contribution in [1.29, 1.82) is 0 Å². The van der Waals surface area contributed by atoms with E-state index in [9.17, 15) is 4.79 Å². The summed E-state index contributed by atoms with van der Waals surface area (Å²) in [4.78, 5) is 10.6. The SMILES string of the molecule is CC1CCC2(N)Oc3c(CCCC(=O)O)cccc3C12. The zero-order valence-electron chi connectivity index (χ0n) is 11.8. The second-order valence-corrected chi connectivity index (χ2v) is 6.13. The minimum absolute atomic E-state index is 0.192. The molecule has 0 aromatic heterocycles. The number of aliphatic carboxylic acids is 1. The van der Waals surface area contributed by atoms with Crippen molar-refractivity contribution in [2.75, 3.05) is 0 Å². The van der Waals surface area contributed by atoms with Gasteiger partial charge in [0.05, 0.1) is 0 Å². The van der Waals surface area contributed by atoms with Crippen LogP contribution < -0.4 is 10.5 Å². The number of ether oxygens (including phenoxy) is 1. The summed E-state index contributed by atoms with van der Waals surface area (Å²) in [5, 5.41) is 8.74. The molecule has 4 heteroatoms. The average molecular weight is 275 g/mol. The number of aryl methyl sites for hydroxylation is 1. The Labute approximate surface area is 118 Å². The predicted molar refractivity (Wildman–Crippen MR) is 75.7 cm³/mol. The van der Waals surface area contributed by atoms with Gasteiger partial charge in [0.25, 0.3) is 0 Å². The molecule has 2 aliphatic rings. The predicted octanol–water partition coefficient (Wildman–Crippen LogP) is 2.65. The van der Waals surface area contributed by atoms with Crippen LogP contribution in [0, 0.1) is 5.92 Å². The Hall–Kier alpha value is -1.55. The number of hydrogen-bond acceptors (Lipinski definition) is 3. The average Bonchev–Trinajstić information content (AvgIpc) is 2.84. The number of benzene rings is 1. The van der Waals surface area contributed by atoms with Crippen LogP contribution in [0.3, 0.4) is 0 Å². The first kappa shape index (κ1) is 13.4. The summed E-state index contributed by atoms with van der Waals surface area (Å²) >= 11 is 0. The van der Waals surface area contributed by atoms with Gasteiger partial charge in [-0.25, -0.2) is 0 Å². The third-order valence-electron chi connectivity index (χ3n) is 4.68. The van der Waals surface area contributed by atoms with Crippen molar-refractivity contribution in [1.82, 2.24) is 0 Å². The van der Waals surface area contributed by atoms with Crippen LogP contribution in [0.1, 0.15) is 49.7 Å². The van der Waals surface area contributed by atoms with Crippen LogP contribution >= 0.6 is 0 Å². The zero-order valence-corrected chi connectivity index (χ0v) is 11.8. The summed E-state index contributed by atoms with van der Waals surface area (Å²) in [5.41, 5.74) is 8.19. The molecule has 0 amide bonds. The molecule has 1 heterocycles. The van der Waals surface area contributed by atoms with Crippen molar-refractivity contribution < 1.29 is 14.6 Å². The maximum Gasteiger partial charge on any atom is 0.303 e. The maximum absolute atomic E-state index is 10.6. The molecule has 1 aromatic rings. The Kier molecular flexibility index (Phi) is 3.21. The monoisotopic (exact) mass is 275 g/mol. The van der Waals surface area contributed by atoms with Crippen LogP contribution in [0.15, 0.2) is 18.2 Å². The van der Waals surface area contributed by atoms with Gasteiger partial charge >= 0.3 is 5.97 Å². The standard InChI is InChI=1S/C16H21NO3/c1-10-8-9-16(17)14(10)12-6-2-4-11(15(12)20-16)5-3-7-13(18)19/h2,4,6,10,14H,3,5,7-9,17H2,1H3,(H,18,19). The molecule has 20 heavy (non-hydrogen) atoms. The van der Waals surface area contributed by atoms with E-state index >= 15 is 0 Å². The molecule has 1 fully saturated rings. The smallest absolute Gasteiger partial charge is 0.303 e. The highest BCUT2D eigenvalue weighted by Crippen LogP contribution is 2.54.